The predicted octanol–water partition coefficient (Wildman–Crippen LogP) is 6.11. The van der Waals surface area contributed by atoms with Crippen LogP contribution >= 0.6 is 11.6 Å². The molecule has 0 unspecified atom stereocenters. The number of rotatable bonds is 5. The highest BCUT2D eigenvalue weighted by Crippen LogP contribution is 2.26. The molecule has 5 rings (SSSR count). The first kappa shape index (κ1) is 22.8. The Morgan fingerprint density at radius 3 is 2.47 bits per heavy atom. The van der Waals surface area contributed by atoms with Crippen molar-refractivity contribution in [3.8, 4) is 17.3 Å². The molecule has 0 radical (unpaired) electrons. The van der Waals surface area contributed by atoms with E-state index < -0.39 is 5.56 Å². The summed E-state index contributed by atoms with van der Waals surface area (Å²) in [5.74, 6) is -0.102. The van der Waals surface area contributed by atoms with Gasteiger partial charge in [-0.3, -0.25) is 14.6 Å². The highest BCUT2D eigenvalue weighted by Gasteiger charge is 2.15. The van der Waals surface area contributed by atoms with Crippen molar-refractivity contribution in [1.82, 2.24) is 9.97 Å². The van der Waals surface area contributed by atoms with Crippen LogP contribution in [0.2, 0.25) is 5.02 Å². The molecule has 0 saturated heterocycles. The van der Waals surface area contributed by atoms with Crippen molar-refractivity contribution in [1.29, 1.82) is 5.26 Å². The van der Waals surface area contributed by atoms with E-state index in [1.807, 2.05) is 42.5 Å². The molecule has 1 amide bonds. The number of H-pyrrole nitrogens is 1. The molecule has 0 aliphatic heterocycles. The minimum atomic E-state index is -0.579. The molecule has 36 heavy (non-hydrogen) atoms. The van der Waals surface area contributed by atoms with E-state index in [0.717, 1.165) is 10.8 Å². The van der Waals surface area contributed by atoms with Gasteiger partial charge in [0.05, 0.1) is 5.69 Å². The first-order valence-electron chi connectivity index (χ1n) is 11.0. The molecule has 0 aliphatic rings. The third-order valence-electron chi connectivity index (χ3n) is 5.57. The second-order valence-electron chi connectivity index (χ2n) is 7.94. The molecule has 0 bridgehead atoms. The van der Waals surface area contributed by atoms with Gasteiger partial charge in [0.2, 0.25) is 5.95 Å². The maximum atomic E-state index is 13.1. The predicted molar refractivity (Wildman–Crippen MR) is 142 cm³/mol. The van der Waals surface area contributed by atoms with E-state index >= 15 is 0 Å². The van der Waals surface area contributed by atoms with Gasteiger partial charge in [0.1, 0.15) is 11.6 Å². The van der Waals surface area contributed by atoms with Crippen molar-refractivity contribution in [3.63, 3.8) is 0 Å². The smallest absolute Gasteiger partial charge is 0.270 e. The van der Waals surface area contributed by atoms with Gasteiger partial charge in [-0.25, -0.2) is 4.98 Å². The number of halogens is 1. The van der Waals surface area contributed by atoms with Gasteiger partial charge in [0.25, 0.3) is 11.5 Å². The molecule has 0 saturated carbocycles. The first-order valence-corrected chi connectivity index (χ1v) is 11.4. The molecule has 5 aromatic rings. The summed E-state index contributed by atoms with van der Waals surface area (Å²) in [5.41, 5.74) is 1.70. The Bertz CT molecular complexity index is 1700. The Balaban J connectivity index is 1.48. The van der Waals surface area contributed by atoms with E-state index in [2.05, 4.69) is 20.6 Å². The Morgan fingerprint density at radius 2 is 1.67 bits per heavy atom. The van der Waals surface area contributed by atoms with E-state index in [-0.39, 0.29) is 23.1 Å². The van der Waals surface area contributed by atoms with Crippen LogP contribution in [-0.4, -0.2) is 15.9 Å². The second kappa shape index (κ2) is 9.74. The van der Waals surface area contributed by atoms with Gasteiger partial charge in [-0.15, -0.1) is 0 Å². The zero-order valence-corrected chi connectivity index (χ0v) is 19.5. The highest BCUT2D eigenvalue weighted by atomic mass is 35.5. The topological polar surface area (TPSA) is 111 Å². The normalized spacial score (nSPS) is 10.6. The van der Waals surface area contributed by atoms with E-state index in [9.17, 15) is 14.9 Å². The average molecular weight is 492 g/mol. The number of nitrogens with one attached hydrogen (secondary N) is 3. The SMILES string of the molecule is N#Cc1c(-c2cccc(NC(=O)c3cccc4ccccc34)c2)nc(Nc2ccc(Cl)cc2)[nH]c1=O. The molecular weight excluding hydrogens is 474 g/mol. The maximum absolute atomic E-state index is 13.1. The summed E-state index contributed by atoms with van der Waals surface area (Å²) in [4.78, 5) is 32.8. The first-order chi connectivity index (χ1) is 17.5. The number of carbonyl (C=O) groups is 1. The van der Waals surface area contributed by atoms with E-state index in [1.165, 1.54) is 0 Å². The minimum Gasteiger partial charge on any atom is -0.326 e. The van der Waals surface area contributed by atoms with E-state index in [4.69, 9.17) is 11.6 Å². The molecular formula is C28H18ClN5O2. The molecule has 0 fully saturated rings. The van der Waals surface area contributed by atoms with Gasteiger partial charge < -0.3 is 10.6 Å². The van der Waals surface area contributed by atoms with Gasteiger partial charge in [-0.05, 0) is 53.2 Å². The molecule has 3 N–H and O–H groups in total. The third-order valence-corrected chi connectivity index (χ3v) is 5.82. The maximum Gasteiger partial charge on any atom is 0.270 e. The summed E-state index contributed by atoms with van der Waals surface area (Å²) >= 11 is 5.94. The van der Waals surface area contributed by atoms with Gasteiger partial charge in [-0.1, -0.05) is 60.1 Å². The molecule has 0 atom stereocenters. The monoisotopic (exact) mass is 491 g/mol. The highest BCUT2D eigenvalue weighted by molar-refractivity contribution is 6.30. The molecule has 4 aromatic carbocycles. The molecule has 174 valence electrons. The largest absolute Gasteiger partial charge is 0.326 e. The molecule has 1 heterocycles. The fourth-order valence-electron chi connectivity index (χ4n) is 3.88. The van der Waals surface area contributed by atoms with Crippen LogP contribution in [0, 0.1) is 11.3 Å². The summed E-state index contributed by atoms with van der Waals surface area (Å²) in [5, 5.41) is 17.9. The van der Waals surface area contributed by atoms with Gasteiger partial charge in [-0.2, -0.15) is 5.26 Å². The Kier molecular flexibility index (Phi) is 6.18. The number of carbonyl (C=O) groups excluding carboxylic acids is 1. The van der Waals surface area contributed by atoms with Crippen LogP contribution in [-0.2, 0) is 0 Å². The number of aromatic amines is 1. The number of amides is 1. The summed E-state index contributed by atoms with van der Waals surface area (Å²) in [7, 11) is 0. The molecule has 1 aromatic heterocycles. The lowest BCUT2D eigenvalue weighted by molar-refractivity contribution is 0.102. The second-order valence-corrected chi connectivity index (χ2v) is 8.38. The van der Waals surface area contributed by atoms with Crippen LogP contribution in [0.15, 0.2) is 95.8 Å². The zero-order valence-electron chi connectivity index (χ0n) is 18.7. The third kappa shape index (κ3) is 4.67. The Hall–Kier alpha value is -4.93. The van der Waals surface area contributed by atoms with Gasteiger partial charge in [0, 0.05) is 27.5 Å². The van der Waals surface area contributed by atoms with Crippen LogP contribution < -0.4 is 16.2 Å². The van der Waals surface area contributed by atoms with E-state index in [1.54, 1.807) is 54.6 Å². The summed E-state index contributed by atoms with van der Waals surface area (Å²) in [6, 6.07) is 28.9. The van der Waals surface area contributed by atoms with Crippen LogP contribution in [0.4, 0.5) is 17.3 Å². The fraction of sp³-hybridized carbons (Fsp3) is 0. The molecule has 0 aliphatic carbocycles. The zero-order chi connectivity index (χ0) is 25.1. The standard InChI is InChI=1S/C28H18ClN5O2/c29-19-11-13-20(14-12-19)32-28-33-25(24(16-30)27(36)34-28)18-7-3-8-21(15-18)31-26(35)23-10-4-6-17-5-1-2-9-22(17)23/h1-15H,(H,31,35)(H2,32,33,34,36). The van der Waals surface area contributed by atoms with E-state index in [0.29, 0.717) is 27.5 Å². The number of anilines is 3. The van der Waals surface area contributed by atoms with Crippen molar-refractivity contribution >= 4 is 45.6 Å². The van der Waals surface area contributed by atoms with Gasteiger partial charge >= 0.3 is 0 Å². The lowest BCUT2D eigenvalue weighted by atomic mass is 10.0. The number of benzene rings is 4. The van der Waals surface area contributed by atoms with Crippen molar-refractivity contribution in [2.24, 2.45) is 0 Å². The fourth-order valence-corrected chi connectivity index (χ4v) is 4.01. The Morgan fingerprint density at radius 1 is 0.917 bits per heavy atom. The number of hydrogen-bond acceptors (Lipinski definition) is 5. The molecule has 8 heteroatoms. The molecule has 0 spiro atoms. The number of nitriles is 1. The number of fused-ring (bicyclic) bond motifs is 1. The van der Waals surface area contributed by atoms with Crippen molar-refractivity contribution in [2.45, 2.75) is 0 Å². The number of hydrogen-bond donors (Lipinski definition) is 3. The number of nitrogens with zero attached hydrogens (tertiary/aromatic N) is 2. The summed E-state index contributed by atoms with van der Waals surface area (Å²) < 4.78 is 0. The average Bonchev–Trinajstić information content (AvgIpc) is 2.89. The summed E-state index contributed by atoms with van der Waals surface area (Å²) in [6.45, 7) is 0. The number of aromatic nitrogens is 2. The van der Waals surface area contributed by atoms with Gasteiger partial charge in [0.15, 0.2) is 0 Å². The molecule has 7 nitrogen and oxygen atoms in total. The quantitative estimate of drug-likeness (QED) is 0.274. The van der Waals surface area contributed by atoms with Crippen LogP contribution in [0.3, 0.4) is 0 Å². The van der Waals surface area contributed by atoms with Crippen LogP contribution in [0.5, 0.6) is 0 Å². The van der Waals surface area contributed by atoms with Crippen LogP contribution in [0.1, 0.15) is 15.9 Å². The van der Waals surface area contributed by atoms with Crippen molar-refractivity contribution in [2.75, 3.05) is 10.6 Å². The minimum absolute atomic E-state index is 0.130. The Labute approximate surface area is 211 Å². The van der Waals surface area contributed by atoms with Crippen molar-refractivity contribution in [3.05, 3.63) is 117 Å². The lowest BCUT2D eigenvalue weighted by Gasteiger charge is -2.11. The van der Waals surface area contributed by atoms with Crippen molar-refractivity contribution < 1.29 is 4.79 Å². The summed E-state index contributed by atoms with van der Waals surface area (Å²) in [6.07, 6.45) is 0. The van der Waals surface area contributed by atoms with Crippen LogP contribution in [0.25, 0.3) is 22.0 Å². The lowest BCUT2D eigenvalue weighted by Crippen LogP contribution is -2.16.